The van der Waals surface area contributed by atoms with E-state index < -0.39 is 11.6 Å². The van der Waals surface area contributed by atoms with E-state index in [0.717, 1.165) is 12.8 Å². The molecule has 1 atom stereocenters. The minimum absolute atomic E-state index is 0.102. The fourth-order valence-corrected chi connectivity index (χ4v) is 3.21. The lowest BCUT2D eigenvalue weighted by atomic mass is 10.0. The van der Waals surface area contributed by atoms with Gasteiger partial charge in [-0.15, -0.1) is 0 Å². The molecule has 2 aliphatic rings. The highest BCUT2D eigenvalue weighted by atomic mass is 35.5. The smallest absolute Gasteiger partial charge is 0.241 e. The van der Waals surface area contributed by atoms with Gasteiger partial charge < -0.3 is 14.8 Å². The maximum atomic E-state index is 13.7. The van der Waals surface area contributed by atoms with Crippen molar-refractivity contribution in [2.75, 3.05) is 31.6 Å². The SMILES string of the molecule is CC(C(=O)Nc1cc(Cl)ccc1F)N1CCC2(CC1)OCCO2. The lowest BCUT2D eigenvalue weighted by Gasteiger charge is -2.39. The van der Waals surface area contributed by atoms with Crippen LogP contribution in [0.2, 0.25) is 5.02 Å². The minimum Gasteiger partial charge on any atom is -0.347 e. The number of ether oxygens (including phenoxy) is 2. The Morgan fingerprint density at radius 1 is 1.35 bits per heavy atom. The fourth-order valence-electron chi connectivity index (χ4n) is 3.03. The summed E-state index contributed by atoms with van der Waals surface area (Å²) in [4.78, 5) is 14.4. The average molecular weight is 343 g/mol. The summed E-state index contributed by atoms with van der Waals surface area (Å²) in [5, 5.41) is 2.99. The molecule has 0 radical (unpaired) electrons. The number of halogens is 2. The van der Waals surface area contributed by atoms with Crippen molar-refractivity contribution in [3.05, 3.63) is 29.0 Å². The molecule has 1 unspecified atom stereocenters. The third-order valence-electron chi connectivity index (χ3n) is 4.49. The van der Waals surface area contributed by atoms with Gasteiger partial charge in [0.25, 0.3) is 0 Å². The van der Waals surface area contributed by atoms with Crippen molar-refractivity contribution in [1.82, 2.24) is 4.90 Å². The van der Waals surface area contributed by atoms with Crippen LogP contribution in [-0.2, 0) is 14.3 Å². The molecule has 5 nitrogen and oxygen atoms in total. The van der Waals surface area contributed by atoms with Crippen molar-refractivity contribution >= 4 is 23.2 Å². The van der Waals surface area contributed by atoms with Crippen LogP contribution >= 0.6 is 11.6 Å². The molecule has 0 aliphatic carbocycles. The number of hydrogen-bond acceptors (Lipinski definition) is 4. The zero-order valence-electron chi connectivity index (χ0n) is 13.0. The molecule has 1 spiro atoms. The van der Waals surface area contributed by atoms with Crippen LogP contribution in [0.1, 0.15) is 19.8 Å². The third-order valence-corrected chi connectivity index (χ3v) is 4.72. The van der Waals surface area contributed by atoms with E-state index in [9.17, 15) is 9.18 Å². The van der Waals surface area contributed by atoms with Crippen molar-refractivity contribution in [1.29, 1.82) is 0 Å². The van der Waals surface area contributed by atoms with Gasteiger partial charge in [-0.3, -0.25) is 9.69 Å². The summed E-state index contributed by atoms with van der Waals surface area (Å²) >= 11 is 5.84. The highest BCUT2D eigenvalue weighted by Crippen LogP contribution is 2.32. The van der Waals surface area contributed by atoms with Crippen molar-refractivity contribution < 1.29 is 18.7 Å². The number of benzene rings is 1. The van der Waals surface area contributed by atoms with Gasteiger partial charge in [-0.25, -0.2) is 4.39 Å². The Kier molecular flexibility index (Phi) is 4.87. The molecule has 0 bridgehead atoms. The Morgan fingerprint density at radius 2 is 2.00 bits per heavy atom. The first-order valence-electron chi connectivity index (χ1n) is 7.77. The van der Waals surface area contributed by atoms with Gasteiger partial charge in [0.15, 0.2) is 5.79 Å². The Bertz CT molecular complexity index is 583. The average Bonchev–Trinajstić information content (AvgIpc) is 2.99. The topological polar surface area (TPSA) is 50.8 Å². The van der Waals surface area contributed by atoms with Crippen LogP contribution in [0.5, 0.6) is 0 Å². The van der Waals surface area contributed by atoms with Crippen LogP contribution in [0.15, 0.2) is 18.2 Å². The predicted molar refractivity (Wildman–Crippen MR) is 84.9 cm³/mol. The second-order valence-electron chi connectivity index (χ2n) is 5.93. The van der Waals surface area contributed by atoms with Crippen LogP contribution in [0.3, 0.4) is 0 Å². The first-order chi connectivity index (χ1) is 11.0. The molecule has 1 aromatic carbocycles. The molecule has 23 heavy (non-hydrogen) atoms. The van der Waals surface area contributed by atoms with E-state index in [1.807, 2.05) is 11.8 Å². The molecule has 2 fully saturated rings. The molecule has 0 aromatic heterocycles. The maximum absolute atomic E-state index is 13.7. The summed E-state index contributed by atoms with van der Waals surface area (Å²) in [5.74, 6) is -1.22. The number of anilines is 1. The normalized spacial score (nSPS) is 22.2. The summed E-state index contributed by atoms with van der Waals surface area (Å²) in [6.45, 7) is 4.47. The molecule has 1 amide bonds. The molecule has 2 saturated heterocycles. The first kappa shape index (κ1) is 16.6. The number of rotatable bonds is 3. The van der Waals surface area contributed by atoms with Gasteiger partial charge in [-0.2, -0.15) is 0 Å². The monoisotopic (exact) mass is 342 g/mol. The molecular formula is C16H20ClFN2O3. The number of piperidine rings is 1. The summed E-state index contributed by atoms with van der Waals surface area (Å²) in [7, 11) is 0. The number of nitrogens with one attached hydrogen (secondary N) is 1. The standard InChI is InChI=1S/C16H20ClFN2O3/c1-11(15(21)19-14-10-12(17)2-3-13(14)18)20-6-4-16(5-7-20)22-8-9-23-16/h2-3,10-11H,4-9H2,1H3,(H,19,21). The van der Waals surface area contributed by atoms with Crippen molar-refractivity contribution in [2.45, 2.75) is 31.6 Å². The molecule has 7 heteroatoms. The van der Waals surface area contributed by atoms with E-state index in [0.29, 0.717) is 31.3 Å². The molecule has 2 heterocycles. The summed E-state index contributed by atoms with van der Waals surface area (Å²) in [6.07, 6.45) is 1.46. The maximum Gasteiger partial charge on any atom is 0.241 e. The van der Waals surface area contributed by atoms with E-state index in [1.165, 1.54) is 18.2 Å². The first-order valence-corrected chi connectivity index (χ1v) is 8.15. The molecule has 1 aromatic rings. The number of carbonyl (C=O) groups is 1. The van der Waals surface area contributed by atoms with Crippen LogP contribution in [0.4, 0.5) is 10.1 Å². The van der Waals surface area contributed by atoms with Crippen LogP contribution in [-0.4, -0.2) is 48.9 Å². The predicted octanol–water partition coefficient (Wildman–Crippen LogP) is 2.65. The van der Waals surface area contributed by atoms with Crippen molar-refractivity contribution in [2.24, 2.45) is 0 Å². The molecule has 1 N–H and O–H groups in total. The van der Waals surface area contributed by atoms with Crippen LogP contribution in [0, 0.1) is 5.82 Å². The third kappa shape index (κ3) is 3.66. The highest BCUT2D eigenvalue weighted by Gasteiger charge is 2.41. The number of likely N-dealkylation sites (tertiary alicyclic amines) is 1. The van der Waals surface area contributed by atoms with E-state index in [2.05, 4.69) is 5.32 Å². The van der Waals surface area contributed by atoms with E-state index in [1.54, 1.807) is 0 Å². The Hall–Kier alpha value is -1.21. The van der Waals surface area contributed by atoms with Gasteiger partial charge in [-0.05, 0) is 25.1 Å². The Labute approximate surface area is 139 Å². The number of carbonyl (C=O) groups excluding carboxylic acids is 1. The number of nitrogens with zero attached hydrogens (tertiary/aromatic N) is 1. The molecule has 126 valence electrons. The van der Waals surface area contributed by atoms with Gasteiger partial charge in [0.2, 0.25) is 5.91 Å². The lowest BCUT2D eigenvalue weighted by molar-refractivity contribution is -0.187. The van der Waals surface area contributed by atoms with Crippen molar-refractivity contribution in [3.8, 4) is 0 Å². The fraction of sp³-hybridized carbons (Fsp3) is 0.562. The highest BCUT2D eigenvalue weighted by molar-refractivity contribution is 6.30. The van der Waals surface area contributed by atoms with Crippen molar-refractivity contribution in [3.63, 3.8) is 0 Å². The second-order valence-corrected chi connectivity index (χ2v) is 6.37. The van der Waals surface area contributed by atoms with Gasteiger partial charge >= 0.3 is 0 Å². The van der Waals surface area contributed by atoms with Crippen LogP contribution < -0.4 is 5.32 Å². The Balaban J connectivity index is 1.58. The molecule has 3 rings (SSSR count). The quantitative estimate of drug-likeness (QED) is 0.917. The number of hydrogen-bond donors (Lipinski definition) is 1. The summed E-state index contributed by atoms with van der Waals surface area (Å²) < 4.78 is 25.1. The number of amides is 1. The van der Waals surface area contributed by atoms with E-state index in [-0.39, 0.29) is 17.6 Å². The molecular weight excluding hydrogens is 323 g/mol. The second kappa shape index (κ2) is 6.73. The molecule has 0 saturated carbocycles. The van der Waals surface area contributed by atoms with Gasteiger partial charge in [0.05, 0.1) is 24.9 Å². The minimum atomic E-state index is -0.500. The van der Waals surface area contributed by atoms with Gasteiger partial charge in [0.1, 0.15) is 5.82 Å². The van der Waals surface area contributed by atoms with Gasteiger partial charge in [0, 0.05) is 31.0 Å². The molecule has 2 aliphatic heterocycles. The summed E-state index contributed by atoms with van der Waals surface area (Å²) in [5.41, 5.74) is 0.102. The van der Waals surface area contributed by atoms with Crippen LogP contribution in [0.25, 0.3) is 0 Å². The zero-order chi connectivity index (χ0) is 16.4. The van der Waals surface area contributed by atoms with E-state index in [4.69, 9.17) is 21.1 Å². The zero-order valence-corrected chi connectivity index (χ0v) is 13.7. The van der Waals surface area contributed by atoms with E-state index >= 15 is 0 Å². The van der Waals surface area contributed by atoms with Gasteiger partial charge in [-0.1, -0.05) is 11.6 Å². The lowest BCUT2D eigenvalue weighted by Crippen LogP contribution is -2.51. The summed E-state index contributed by atoms with van der Waals surface area (Å²) in [6, 6.07) is 3.73. The Morgan fingerprint density at radius 3 is 2.65 bits per heavy atom. The largest absolute Gasteiger partial charge is 0.347 e.